The molecule has 0 aromatic rings. The molecule has 0 amide bonds. The fraction of sp³-hybridized carbons (Fsp3) is 1.00. The maximum atomic E-state index is 8.11. The van der Waals surface area contributed by atoms with E-state index in [2.05, 4.69) is 25.7 Å². The van der Waals surface area contributed by atoms with Crippen molar-refractivity contribution in [2.45, 2.75) is 59.3 Å². The van der Waals surface area contributed by atoms with E-state index in [0.29, 0.717) is 0 Å². The minimum absolute atomic E-state index is 1.25. The van der Waals surface area contributed by atoms with E-state index in [9.17, 15) is 0 Å². The Hall–Kier alpha value is -0.640. The molecule has 0 saturated carbocycles. The van der Waals surface area contributed by atoms with Crippen LogP contribution in [0.25, 0.3) is 0 Å². The number of rotatable bonds is 9. The van der Waals surface area contributed by atoms with Crippen molar-refractivity contribution in [3.8, 4) is 0 Å². The SMILES string of the molecule is CCCCN(CCCC)CCCC.O=NO. The second kappa shape index (κ2) is 16.8. The van der Waals surface area contributed by atoms with E-state index in [0.717, 1.165) is 0 Å². The first-order valence-corrected chi connectivity index (χ1v) is 6.45. The topological polar surface area (TPSA) is 52.9 Å². The van der Waals surface area contributed by atoms with Crippen molar-refractivity contribution in [2.75, 3.05) is 19.6 Å². The highest BCUT2D eigenvalue weighted by Gasteiger charge is 2.01. The Kier molecular flexibility index (Phi) is 18.6. The molecular weight excluding hydrogens is 204 g/mol. The van der Waals surface area contributed by atoms with Gasteiger partial charge in [0.25, 0.3) is 0 Å². The monoisotopic (exact) mass is 232 g/mol. The number of hydrogen-bond acceptors (Lipinski definition) is 3. The van der Waals surface area contributed by atoms with Gasteiger partial charge in [-0.3, -0.25) is 0 Å². The van der Waals surface area contributed by atoms with Gasteiger partial charge < -0.3 is 10.1 Å². The maximum Gasteiger partial charge on any atom is 0.152 e. The minimum Gasteiger partial charge on any atom is -0.379 e. The van der Waals surface area contributed by atoms with Crippen LogP contribution in [0.4, 0.5) is 0 Å². The Morgan fingerprint density at radius 2 is 1.12 bits per heavy atom. The second-order valence-corrected chi connectivity index (χ2v) is 3.98. The molecule has 0 saturated heterocycles. The predicted molar refractivity (Wildman–Crippen MR) is 68.7 cm³/mol. The molecule has 0 aromatic carbocycles. The molecule has 0 rings (SSSR count). The predicted octanol–water partition coefficient (Wildman–Crippen LogP) is 3.83. The molecule has 0 atom stereocenters. The van der Waals surface area contributed by atoms with E-state index >= 15 is 0 Å². The molecule has 4 nitrogen and oxygen atoms in total. The lowest BCUT2D eigenvalue weighted by molar-refractivity contribution is 0.261. The summed E-state index contributed by atoms with van der Waals surface area (Å²) in [6, 6.07) is 0. The second-order valence-electron chi connectivity index (χ2n) is 3.98. The Bertz CT molecular complexity index is 113. The molecule has 1 N–H and O–H groups in total. The van der Waals surface area contributed by atoms with Gasteiger partial charge in [0, 0.05) is 0 Å². The van der Waals surface area contributed by atoms with Crippen molar-refractivity contribution in [3.63, 3.8) is 0 Å². The average Bonchev–Trinajstić information content (AvgIpc) is 2.29. The van der Waals surface area contributed by atoms with Crippen LogP contribution >= 0.6 is 0 Å². The van der Waals surface area contributed by atoms with Gasteiger partial charge in [-0.1, -0.05) is 40.0 Å². The van der Waals surface area contributed by atoms with E-state index in [1.54, 1.807) is 0 Å². The first-order valence-electron chi connectivity index (χ1n) is 6.45. The van der Waals surface area contributed by atoms with E-state index in [1.807, 2.05) is 0 Å². The molecule has 0 aliphatic rings. The van der Waals surface area contributed by atoms with Gasteiger partial charge in [-0.25, -0.2) is 0 Å². The summed E-state index contributed by atoms with van der Waals surface area (Å²) in [6.07, 6.45) is 8.09. The normalized spacial score (nSPS) is 9.75. The fourth-order valence-corrected chi connectivity index (χ4v) is 1.48. The highest BCUT2D eigenvalue weighted by Crippen LogP contribution is 2.01. The lowest BCUT2D eigenvalue weighted by Gasteiger charge is -2.21. The standard InChI is InChI=1S/C12H27N.HNO2/c1-4-7-10-13(11-8-5-2)12-9-6-3;2-1-3/h4-12H2,1-3H3;(H,2,3). The van der Waals surface area contributed by atoms with Crippen molar-refractivity contribution in [1.29, 1.82) is 0 Å². The van der Waals surface area contributed by atoms with Crippen LogP contribution in [0.2, 0.25) is 0 Å². The molecule has 16 heavy (non-hydrogen) atoms. The molecule has 0 fully saturated rings. The van der Waals surface area contributed by atoms with Crippen molar-refractivity contribution in [3.05, 3.63) is 4.91 Å². The third-order valence-corrected chi connectivity index (χ3v) is 2.48. The van der Waals surface area contributed by atoms with Gasteiger partial charge in [0.1, 0.15) is 0 Å². The van der Waals surface area contributed by atoms with E-state index < -0.39 is 0 Å². The molecular formula is C12H28N2O2. The Morgan fingerprint density at radius 3 is 1.31 bits per heavy atom. The summed E-state index contributed by atoms with van der Waals surface area (Å²) in [5.41, 5.74) is 0. The van der Waals surface area contributed by atoms with Gasteiger partial charge in [-0.2, -0.15) is 0 Å². The molecule has 0 aromatic heterocycles. The van der Waals surface area contributed by atoms with E-state index in [4.69, 9.17) is 10.1 Å². The molecule has 4 heteroatoms. The number of nitrogens with zero attached hydrogens (tertiary/aromatic N) is 2. The van der Waals surface area contributed by atoms with Crippen LogP contribution in [0.3, 0.4) is 0 Å². The van der Waals surface area contributed by atoms with Crippen LogP contribution in [-0.4, -0.2) is 29.7 Å². The lowest BCUT2D eigenvalue weighted by atomic mass is 10.2. The third kappa shape index (κ3) is 15.8. The highest BCUT2D eigenvalue weighted by molar-refractivity contribution is 4.57. The van der Waals surface area contributed by atoms with Crippen LogP contribution in [-0.2, 0) is 0 Å². The van der Waals surface area contributed by atoms with Crippen LogP contribution in [0.5, 0.6) is 0 Å². The molecule has 0 aliphatic carbocycles. The zero-order valence-corrected chi connectivity index (χ0v) is 11.1. The first kappa shape index (κ1) is 17.7. The zero-order chi connectivity index (χ0) is 12.6. The summed E-state index contributed by atoms with van der Waals surface area (Å²) in [4.78, 5) is 10.7. The van der Waals surface area contributed by atoms with E-state index in [1.165, 1.54) is 63.5 Å². The van der Waals surface area contributed by atoms with Crippen LogP contribution < -0.4 is 0 Å². The summed E-state index contributed by atoms with van der Waals surface area (Å²) in [5.74, 6) is 0. The van der Waals surface area contributed by atoms with Gasteiger partial charge in [0.2, 0.25) is 0 Å². The molecule has 0 bridgehead atoms. The molecule has 0 unspecified atom stereocenters. The quantitative estimate of drug-likeness (QED) is 0.485. The summed E-state index contributed by atoms with van der Waals surface area (Å²) in [6.45, 7) is 10.8. The van der Waals surface area contributed by atoms with Crippen LogP contribution in [0.1, 0.15) is 59.3 Å². The van der Waals surface area contributed by atoms with Crippen LogP contribution in [0, 0.1) is 4.91 Å². The minimum atomic E-state index is 1.25. The van der Waals surface area contributed by atoms with Crippen molar-refractivity contribution < 1.29 is 5.21 Å². The summed E-state index contributed by atoms with van der Waals surface area (Å²) in [5, 5.41) is 7.89. The third-order valence-electron chi connectivity index (χ3n) is 2.48. The van der Waals surface area contributed by atoms with Gasteiger partial charge in [0.05, 0.1) is 0 Å². The molecule has 98 valence electrons. The molecule has 0 radical (unpaired) electrons. The van der Waals surface area contributed by atoms with Crippen molar-refractivity contribution >= 4 is 0 Å². The number of unbranched alkanes of at least 4 members (excludes halogenated alkanes) is 3. The van der Waals surface area contributed by atoms with Crippen molar-refractivity contribution in [2.24, 2.45) is 5.34 Å². The molecule has 0 aliphatic heterocycles. The van der Waals surface area contributed by atoms with Gasteiger partial charge in [0.15, 0.2) is 5.34 Å². The first-order chi connectivity index (χ1) is 7.76. The largest absolute Gasteiger partial charge is 0.379 e. The van der Waals surface area contributed by atoms with Gasteiger partial charge in [-0.05, 0) is 38.9 Å². The van der Waals surface area contributed by atoms with Crippen molar-refractivity contribution in [1.82, 2.24) is 4.90 Å². The lowest BCUT2D eigenvalue weighted by Crippen LogP contribution is -2.27. The van der Waals surface area contributed by atoms with E-state index in [-0.39, 0.29) is 0 Å². The Labute approximate surface area is 100.0 Å². The molecule has 0 spiro atoms. The maximum absolute atomic E-state index is 8.11. The Morgan fingerprint density at radius 1 is 0.875 bits per heavy atom. The van der Waals surface area contributed by atoms with Gasteiger partial charge in [-0.15, -0.1) is 4.91 Å². The highest BCUT2D eigenvalue weighted by atomic mass is 16.6. The number of hydrogen-bond donors (Lipinski definition) is 1. The summed E-state index contributed by atoms with van der Waals surface area (Å²) in [7, 11) is 0. The summed E-state index contributed by atoms with van der Waals surface area (Å²) >= 11 is 0. The molecule has 0 heterocycles. The average molecular weight is 232 g/mol. The Balaban J connectivity index is 0. The smallest absolute Gasteiger partial charge is 0.152 e. The van der Waals surface area contributed by atoms with Gasteiger partial charge >= 0.3 is 0 Å². The zero-order valence-electron chi connectivity index (χ0n) is 11.1. The van der Waals surface area contributed by atoms with Crippen LogP contribution in [0.15, 0.2) is 5.34 Å². The fourth-order valence-electron chi connectivity index (χ4n) is 1.48. The summed E-state index contributed by atoms with van der Waals surface area (Å²) < 4.78 is 0.